The van der Waals surface area contributed by atoms with Crippen molar-refractivity contribution in [2.45, 2.75) is 20.4 Å². The Morgan fingerprint density at radius 1 is 1.24 bits per heavy atom. The van der Waals surface area contributed by atoms with Crippen LogP contribution in [-0.4, -0.2) is 33.0 Å². The molecule has 0 aliphatic heterocycles. The molecular formula is C18H16N4O2S. The lowest BCUT2D eigenvalue weighted by molar-refractivity contribution is 0.0786. The highest BCUT2D eigenvalue weighted by atomic mass is 32.1. The number of hydrogen-bond acceptors (Lipinski definition) is 6. The maximum atomic E-state index is 13.0. The lowest BCUT2D eigenvalue weighted by atomic mass is 10.1. The summed E-state index contributed by atoms with van der Waals surface area (Å²) in [6.45, 7) is 4.10. The van der Waals surface area contributed by atoms with Gasteiger partial charge in [0.2, 0.25) is 0 Å². The van der Waals surface area contributed by atoms with Crippen molar-refractivity contribution >= 4 is 38.6 Å². The average molecular weight is 352 g/mol. The Labute approximate surface area is 148 Å². The van der Waals surface area contributed by atoms with Crippen LogP contribution in [0, 0.1) is 13.8 Å². The minimum Gasteiger partial charge on any atom is -0.336 e. The van der Waals surface area contributed by atoms with E-state index in [-0.39, 0.29) is 5.91 Å². The predicted octanol–water partition coefficient (Wildman–Crippen LogP) is 3.72. The molecular weight excluding hydrogens is 336 g/mol. The van der Waals surface area contributed by atoms with Crippen molar-refractivity contribution in [3.8, 4) is 0 Å². The molecule has 7 heteroatoms. The summed E-state index contributed by atoms with van der Waals surface area (Å²) >= 11 is 1.60. The number of aryl methyl sites for hydroxylation is 2. The minimum absolute atomic E-state index is 0.0962. The topological polar surface area (TPSA) is 72.1 Å². The summed E-state index contributed by atoms with van der Waals surface area (Å²) in [5, 5.41) is 5.51. The van der Waals surface area contributed by atoms with Gasteiger partial charge in [-0.1, -0.05) is 17.3 Å². The van der Waals surface area contributed by atoms with E-state index in [1.165, 1.54) is 0 Å². The summed E-state index contributed by atoms with van der Waals surface area (Å²) in [5.74, 6) is -0.0962. The summed E-state index contributed by atoms with van der Waals surface area (Å²) in [5.41, 5.74) is 3.30. The number of amides is 1. The van der Waals surface area contributed by atoms with Crippen molar-refractivity contribution in [2.75, 3.05) is 7.05 Å². The summed E-state index contributed by atoms with van der Waals surface area (Å²) in [6.07, 6.45) is 0. The molecule has 1 amide bonds. The summed E-state index contributed by atoms with van der Waals surface area (Å²) < 4.78 is 6.34. The van der Waals surface area contributed by atoms with Crippen LogP contribution < -0.4 is 0 Å². The molecule has 4 rings (SSSR count). The van der Waals surface area contributed by atoms with Crippen LogP contribution in [0.3, 0.4) is 0 Å². The molecule has 6 nitrogen and oxygen atoms in total. The maximum Gasteiger partial charge on any atom is 0.258 e. The van der Waals surface area contributed by atoms with Crippen molar-refractivity contribution in [3.63, 3.8) is 0 Å². The fraction of sp³-hybridized carbons (Fsp3) is 0.222. The smallest absolute Gasteiger partial charge is 0.258 e. The first-order chi connectivity index (χ1) is 12.0. The first kappa shape index (κ1) is 15.7. The van der Waals surface area contributed by atoms with E-state index in [0.717, 1.165) is 20.9 Å². The fourth-order valence-electron chi connectivity index (χ4n) is 2.85. The van der Waals surface area contributed by atoms with Crippen molar-refractivity contribution in [1.29, 1.82) is 0 Å². The number of hydrogen-bond donors (Lipinski definition) is 0. The lowest BCUT2D eigenvalue weighted by Gasteiger charge is -2.16. The van der Waals surface area contributed by atoms with E-state index in [1.807, 2.05) is 38.1 Å². The molecule has 0 saturated heterocycles. The Bertz CT molecular complexity index is 1070. The summed E-state index contributed by atoms with van der Waals surface area (Å²) in [4.78, 5) is 23.6. The monoisotopic (exact) mass is 352 g/mol. The standard InChI is InChI=1S/C18H16N4O2S/c1-10-8-12(16-11(2)21-24-17(16)19-10)18(23)22(3)9-15-20-13-6-4-5-7-14(13)25-15/h4-8H,9H2,1-3H3. The SMILES string of the molecule is Cc1cc(C(=O)N(C)Cc2nc3ccccc3s2)c2c(C)noc2n1. The molecule has 3 heterocycles. The van der Waals surface area contributed by atoms with E-state index < -0.39 is 0 Å². The molecule has 0 N–H and O–H groups in total. The van der Waals surface area contributed by atoms with Gasteiger partial charge in [0, 0.05) is 12.7 Å². The van der Waals surface area contributed by atoms with E-state index in [1.54, 1.807) is 29.4 Å². The number of pyridine rings is 1. The Morgan fingerprint density at radius 2 is 2.04 bits per heavy atom. The quantitative estimate of drug-likeness (QED) is 0.562. The Balaban J connectivity index is 1.67. The van der Waals surface area contributed by atoms with E-state index >= 15 is 0 Å². The number of carbonyl (C=O) groups is 1. The minimum atomic E-state index is -0.0962. The van der Waals surface area contributed by atoms with Crippen LogP contribution in [0.25, 0.3) is 21.3 Å². The molecule has 0 saturated carbocycles. The van der Waals surface area contributed by atoms with Crippen molar-refractivity contribution in [3.05, 3.63) is 52.3 Å². The highest BCUT2D eigenvalue weighted by molar-refractivity contribution is 7.18. The van der Waals surface area contributed by atoms with Crippen molar-refractivity contribution < 1.29 is 9.32 Å². The number of rotatable bonds is 3. The molecule has 0 fully saturated rings. The third kappa shape index (κ3) is 2.76. The average Bonchev–Trinajstić information content (AvgIpc) is 3.16. The second-order valence-corrected chi connectivity index (χ2v) is 7.11. The second kappa shape index (κ2) is 5.93. The lowest BCUT2D eigenvalue weighted by Crippen LogP contribution is -2.26. The zero-order chi connectivity index (χ0) is 17.6. The van der Waals surface area contributed by atoms with E-state index in [9.17, 15) is 4.79 Å². The second-order valence-electron chi connectivity index (χ2n) is 6.00. The molecule has 126 valence electrons. The van der Waals surface area contributed by atoms with Crippen molar-refractivity contribution in [1.82, 2.24) is 20.0 Å². The molecule has 0 aliphatic carbocycles. The highest BCUT2D eigenvalue weighted by Gasteiger charge is 2.21. The van der Waals surface area contributed by atoms with Crippen LogP contribution in [0.2, 0.25) is 0 Å². The summed E-state index contributed by atoms with van der Waals surface area (Å²) in [6, 6.07) is 9.75. The van der Waals surface area contributed by atoms with E-state index in [2.05, 4.69) is 15.1 Å². The molecule has 0 aliphatic rings. The molecule has 0 radical (unpaired) electrons. The molecule has 0 spiro atoms. The molecule has 25 heavy (non-hydrogen) atoms. The van der Waals surface area contributed by atoms with E-state index in [0.29, 0.717) is 28.9 Å². The normalized spacial score (nSPS) is 11.3. The molecule has 3 aromatic heterocycles. The van der Waals surface area contributed by atoms with Crippen LogP contribution in [0.1, 0.15) is 26.8 Å². The number of fused-ring (bicyclic) bond motifs is 2. The van der Waals surface area contributed by atoms with Gasteiger partial charge in [-0.2, -0.15) is 0 Å². The third-order valence-corrected chi connectivity index (χ3v) is 5.05. The zero-order valence-corrected chi connectivity index (χ0v) is 14.9. The van der Waals surface area contributed by atoms with Crippen molar-refractivity contribution in [2.24, 2.45) is 0 Å². The Kier molecular flexibility index (Phi) is 3.73. The van der Waals surface area contributed by atoms with Gasteiger partial charge in [-0.05, 0) is 32.0 Å². The first-order valence-corrected chi connectivity index (χ1v) is 8.68. The number of thiazole rings is 1. The molecule has 0 unspecified atom stereocenters. The Hall–Kier alpha value is -2.80. The van der Waals surface area contributed by atoms with Gasteiger partial charge in [0.1, 0.15) is 5.01 Å². The Morgan fingerprint density at radius 3 is 2.84 bits per heavy atom. The molecule has 4 aromatic rings. The van der Waals surface area contributed by atoms with Crippen LogP contribution in [0.15, 0.2) is 34.9 Å². The van der Waals surface area contributed by atoms with E-state index in [4.69, 9.17) is 4.52 Å². The van der Waals surface area contributed by atoms with Gasteiger partial charge in [-0.25, -0.2) is 9.97 Å². The van der Waals surface area contributed by atoms with Gasteiger partial charge in [0.05, 0.1) is 33.4 Å². The number of benzene rings is 1. The third-order valence-electron chi connectivity index (χ3n) is 4.03. The summed E-state index contributed by atoms with van der Waals surface area (Å²) in [7, 11) is 1.78. The largest absolute Gasteiger partial charge is 0.336 e. The van der Waals surface area contributed by atoms with Crippen LogP contribution in [-0.2, 0) is 6.54 Å². The number of nitrogens with zero attached hydrogens (tertiary/aromatic N) is 4. The number of carbonyl (C=O) groups excluding carboxylic acids is 1. The molecule has 0 bridgehead atoms. The van der Waals surface area contributed by atoms with Gasteiger partial charge in [0.25, 0.3) is 11.6 Å². The first-order valence-electron chi connectivity index (χ1n) is 7.86. The highest BCUT2D eigenvalue weighted by Crippen LogP contribution is 2.25. The van der Waals surface area contributed by atoms with Gasteiger partial charge < -0.3 is 9.42 Å². The molecule has 1 aromatic carbocycles. The fourth-order valence-corrected chi connectivity index (χ4v) is 3.88. The number of para-hydroxylation sites is 1. The van der Waals surface area contributed by atoms with Gasteiger partial charge in [0.15, 0.2) is 0 Å². The van der Waals surface area contributed by atoms with Gasteiger partial charge in [-0.3, -0.25) is 4.79 Å². The molecule has 0 atom stereocenters. The maximum absolute atomic E-state index is 13.0. The number of aromatic nitrogens is 3. The predicted molar refractivity (Wildman–Crippen MR) is 96.7 cm³/mol. The van der Waals surface area contributed by atoms with Crippen LogP contribution in [0.4, 0.5) is 0 Å². The zero-order valence-electron chi connectivity index (χ0n) is 14.1. The van der Waals surface area contributed by atoms with Crippen LogP contribution in [0.5, 0.6) is 0 Å². The van der Waals surface area contributed by atoms with Gasteiger partial charge in [-0.15, -0.1) is 11.3 Å². The van der Waals surface area contributed by atoms with Gasteiger partial charge >= 0.3 is 0 Å². The van der Waals surface area contributed by atoms with Crippen LogP contribution >= 0.6 is 11.3 Å².